The maximum Gasteiger partial charge on any atom is 0.409 e. The van der Waals surface area contributed by atoms with Crippen LogP contribution in [0.2, 0.25) is 0 Å². The normalized spacial score (nSPS) is 13.9. The summed E-state index contributed by atoms with van der Waals surface area (Å²) in [6, 6.07) is 12.0. The number of likely N-dealkylation sites (tertiary alicyclic amines) is 1. The summed E-state index contributed by atoms with van der Waals surface area (Å²) in [4.78, 5) is 46.4. The maximum absolute atomic E-state index is 13.4. The molecule has 4 aromatic rings. The molecule has 0 spiro atoms. The van der Waals surface area contributed by atoms with Crippen molar-refractivity contribution >= 4 is 17.0 Å². The summed E-state index contributed by atoms with van der Waals surface area (Å²) in [5, 5.41) is 9.28. The molecule has 11 nitrogen and oxygen atoms in total. The van der Waals surface area contributed by atoms with Crippen molar-refractivity contribution in [2.24, 2.45) is 0 Å². The number of carbonyl (C=O) groups is 1. The van der Waals surface area contributed by atoms with Crippen LogP contribution < -0.4 is 16.0 Å². The number of aromatic amines is 1. The molecule has 0 unspecified atom stereocenters. The summed E-state index contributed by atoms with van der Waals surface area (Å²) in [6.45, 7) is 1.00. The van der Waals surface area contributed by atoms with Crippen molar-refractivity contribution in [3.63, 3.8) is 0 Å². The van der Waals surface area contributed by atoms with E-state index in [9.17, 15) is 14.4 Å². The molecule has 1 saturated heterocycles. The van der Waals surface area contributed by atoms with Gasteiger partial charge in [-0.25, -0.2) is 14.6 Å². The molecule has 1 aliphatic rings. The van der Waals surface area contributed by atoms with Crippen molar-refractivity contribution in [3.8, 4) is 23.1 Å². The zero-order valence-electron chi connectivity index (χ0n) is 20.0. The average molecular weight is 501 g/mol. The van der Waals surface area contributed by atoms with Crippen LogP contribution >= 0.6 is 0 Å². The number of rotatable bonds is 5. The summed E-state index contributed by atoms with van der Waals surface area (Å²) < 4.78 is 17.7. The molecule has 11 heteroatoms. The van der Waals surface area contributed by atoms with E-state index in [0.717, 1.165) is 4.57 Å². The Morgan fingerprint density at radius 1 is 1.22 bits per heavy atom. The van der Waals surface area contributed by atoms with Crippen LogP contribution in [-0.4, -0.2) is 51.8 Å². The number of hydrogen-bond donors (Lipinski definition) is 1. The summed E-state index contributed by atoms with van der Waals surface area (Å²) in [5.41, 5.74) is 1.04. The lowest BCUT2D eigenvalue weighted by molar-refractivity contribution is 0.0793. The number of fused-ring (bicyclic) bond motifs is 1. The van der Waals surface area contributed by atoms with Crippen LogP contribution in [0.25, 0.3) is 22.2 Å². The topological polar surface area (TPSA) is 143 Å². The van der Waals surface area contributed by atoms with Gasteiger partial charge in [-0.2, -0.15) is 5.26 Å². The standard InChI is InChI=1S/C26H23N5O6/c1-35-26(34)30-8-6-18(7-9-30)37-22-11-19-21(10-20(22)23-13-28-15-36-23)29-25(33)31(24(19)32)14-17-4-2-16(12-27)3-5-17/h2-5,10-11,13,15,18H,6-9,14H2,1H3,(H,29,33). The molecule has 1 aliphatic heterocycles. The van der Waals surface area contributed by atoms with Gasteiger partial charge in [0.05, 0.1) is 48.0 Å². The molecule has 0 bridgehead atoms. The van der Waals surface area contributed by atoms with Gasteiger partial charge in [0.15, 0.2) is 12.2 Å². The van der Waals surface area contributed by atoms with Crippen LogP contribution in [0, 0.1) is 11.3 Å². The number of hydrogen-bond acceptors (Lipinski definition) is 8. The lowest BCUT2D eigenvalue weighted by atomic mass is 10.1. The molecule has 1 fully saturated rings. The van der Waals surface area contributed by atoms with Crippen molar-refractivity contribution < 1.29 is 18.7 Å². The number of ether oxygens (including phenoxy) is 2. The maximum atomic E-state index is 13.4. The van der Waals surface area contributed by atoms with Gasteiger partial charge in [0.25, 0.3) is 5.56 Å². The largest absolute Gasteiger partial charge is 0.489 e. The van der Waals surface area contributed by atoms with Gasteiger partial charge in [-0.15, -0.1) is 0 Å². The van der Waals surface area contributed by atoms with Gasteiger partial charge in [-0.1, -0.05) is 12.1 Å². The molecule has 2 aromatic carbocycles. The fraction of sp³-hybridized carbons (Fsp3) is 0.269. The van der Waals surface area contributed by atoms with Gasteiger partial charge in [0.2, 0.25) is 0 Å². The number of carbonyl (C=O) groups excluding carboxylic acids is 1. The minimum absolute atomic E-state index is 0.0435. The number of oxazole rings is 1. The van der Waals surface area contributed by atoms with Crippen molar-refractivity contribution in [1.29, 1.82) is 5.26 Å². The first kappa shape index (κ1) is 23.9. The summed E-state index contributed by atoms with van der Waals surface area (Å²) in [5.74, 6) is 0.835. The lowest BCUT2D eigenvalue weighted by Crippen LogP contribution is -2.41. The smallest absolute Gasteiger partial charge is 0.409 e. The molecule has 0 saturated carbocycles. The third-order valence-corrected chi connectivity index (χ3v) is 6.37. The van der Waals surface area contributed by atoms with Crippen molar-refractivity contribution in [3.05, 3.63) is 81.0 Å². The summed E-state index contributed by atoms with van der Waals surface area (Å²) in [6.07, 6.45) is 3.39. The third-order valence-electron chi connectivity index (χ3n) is 6.37. The molecular weight excluding hydrogens is 478 g/mol. The third kappa shape index (κ3) is 4.81. The molecule has 2 aromatic heterocycles. The molecule has 0 aliphatic carbocycles. The monoisotopic (exact) mass is 501 g/mol. The molecule has 1 amide bonds. The minimum atomic E-state index is -0.561. The molecule has 0 atom stereocenters. The minimum Gasteiger partial charge on any atom is -0.489 e. The van der Waals surface area contributed by atoms with E-state index in [2.05, 4.69) is 9.97 Å². The van der Waals surface area contributed by atoms with Crippen LogP contribution in [0.4, 0.5) is 4.79 Å². The Balaban J connectivity index is 1.51. The highest BCUT2D eigenvalue weighted by Crippen LogP contribution is 2.34. The summed E-state index contributed by atoms with van der Waals surface area (Å²) >= 11 is 0. The number of amides is 1. The first-order chi connectivity index (χ1) is 18.0. The van der Waals surface area contributed by atoms with E-state index in [4.69, 9.17) is 19.2 Å². The predicted octanol–water partition coefficient (Wildman–Crippen LogP) is 2.87. The van der Waals surface area contributed by atoms with Gasteiger partial charge in [-0.3, -0.25) is 9.36 Å². The first-order valence-corrected chi connectivity index (χ1v) is 11.6. The number of piperidine rings is 1. The number of nitrogens with one attached hydrogen (secondary N) is 1. The number of nitriles is 1. The number of benzene rings is 2. The second kappa shape index (κ2) is 10.0. The number of H-pyrrole nitrogens is 1. The Bertz CT molecular complexity index is 1590. The quantitative estimate of drug-likeness (QED) is 0.440. The van der Waals surface area contributed by atoms with Gasteiger partial charge in [0.1, 0.15) is 11.9 Å². The number of methoxy groups -OCH3 is 1. The van der Waals surface area contributed by atoms with Crippen molar-refractivity contribution in [2.45, 2.75) is 25.5 Å². The van der Waals surface area contributed by atoms with Gasteiger partial charge in [-0.05, 0) is 29.8 Å². The highest BCUT2D eigenvalue weighted by atomic mass is 16.5. The predicted molar refractivity (Wildman–Crippen MR) is 132 cm³/mol. The average Bonchev–Trinajstić information content (AvgIpc) is 3.46. The van der Waals surface area contributed by atoms with E-state index in [1.165, 1.54) is 19.7 Å². The highest BCUT2D eigenvalue weighted by molar-refractivity contribution is 5.86. The zero-order chi connectivity index (χ0) is 25.9. The number of aromatic nitrogens is 3. The fourth-order valence-corrected chi connectivity index (χ4v) is 4.40. The molecular formula is C26H23N5O6. The Labute approximate surface area is 210 Å². The van der Waals surface area contributed by atoms with Crippen LogP contribution in [0.5, 0.6) is 5.75 Å². The Morgan fingerprint density at radius 3 is 2.62 bits per heavy atom. The SMILES string of the molecule is COC(=O)N1CCC(Oc2cc3c(=O)n(Cc4ccc(C#N)cc4)c(=O)[nH]c3cc2-c2cnco2)CC1. The zero-order valence-corrected chi connectivity index (χ0v) is 20.0. The van der Waals surface area contributed by atoms with Crippen LogP contribution in [0.15, 0.2) is 63.0 Å². The van der Waals surface area contributed by atoms with Crippen molar-refractivity contribution in [1.82, 2.24) is 19.4 Å². The van der Waals surface area contributed by atoms with Gasteiger partial charge >= 0.3 is 11.8 Å². The Morgan fingerprint density at radius 2 is 1.97 bits per heavy atom. The Kier molecular flexibility index (Phi) is 6.47. The van der Waals surface area contributed by atoms with Gasteiger partial charge in [0, 0.05) is 25.9 Å². The van der Waals surface area contributed by atoms with E-state index < -0.39 is 11.2 Å². The molecule has 3 heterocycles. The van der Waals surface area contributed by atoms with E-state index >= 15 is 0 Å². The van der Waals surface area contributed by atoms with Crippen LogP contribution in [0.1, 0.15) is 24.0 Å². The fourth-order valence-electron chi connectivity index (χ4n) is 4.40. The van der Waals surface area contributed by atoms with Gasteiger partial charge < -0.3 is 23.8 Å². The molecule has 0 radical (unpaired) electrons. The molecule has 188 valence electrons. The van der Waals surface area contributed by atoms with E-state index in [1.807, 2.05) is 6.07 Å². The second-order valence-electron chi connectivity index (χ2n) is 8.66. The number of nitrogens with zero attached hydrogens (tertiary/aromatic N) is 4. The summed E-state index contributed by atoms with van der Waals surface area (Å²) in [7, 11) is 1.35. The van der Waals surface area contributed by atoms with Crippen LogP contribution in [0.3, 0.4) is 0 Å². The molecule has 5 rings (SSSR count). The highest BCUT2D eigenvalue weighted by Gasteiger charge is 2.26. The van der Waals surface area contributed by atoms with E-state index in [1.54, 1.807) is 41.3 Å². The van der Waals surface area contributed by atoms with E-state index in [-0.39, 0.29) is 24.1 Å². The molecule has 1 N–H and O–H groups in total. The first-order valence-electron chi connectivity index (χ1n) is 11.6. The van der Waals surface area contributed by atoms with Crippen molar-refractivity contribution in [2.75, 3.05) is 20.2 Å². The van der Waals surface area contributed by atoms with E-state index in [0.29, 0.717) is 59.6 Å². The lowest BCUT2D eigenvalue weighted by Gasteiger charge is -2.31. The second-order valence-corrected chi connectivity index (χ2v) is 8.66. The van der Waals surface area contributed by atoms with Crippen LogP contribution in [-0.2, 0) is 11.3 Å². The molecule has 37 heavy (non-hydrogen) atoms. The Hall–Kier alpha value is -4.85.